The zero-order chi connectivity index (χ0) is 12.1. The van der Waals surface area contributed by atoms with Crippen LogP contribution in [-0.4, -0.2) is 39.7 Å². The van der Waals surface area contributed by atoms with Crippen molar-refractivity contribution < 1.29 is 4.79 Å². The molecule has 0 saturated heterocycles. The lowest BCUT2D eigenvalue weighted by atomic mass is 10.2. The average Bonchev–Trinajstić information content (AvgIpc) is 2.64. The molecule has 90 valence electrons. The Kier molecular flexibility index (Phi) is 4.49. The molecule has 16 heavy (non-hydrogen) atoms. The summed E-state index contributed by atoms with van der Waals surface area (Å²) >= 11 is 0. The average molecular weight is 224 g/mol. The van der Waals surface area contributed by atoms with Gasteiger partial charge in [-0.1, -0.05) is 0 Å². The maximum Gasteiger partial charge on any atom is 0.272 e. The van der Waals surface area contributed by atoms with E-state index in [1.54, 1.807) is 24.0 Å². The molecule has 0 aromatic carbocycles. The highest BCUT2D eigenvalue weighted by Gasteiger charge is 2.20. The second-order valence-corrected chi connectivity index (χ2v) is 4.07. The Morgan fingerprint density at radius 2 is 2.31 bits per heavy atom. The van der Waals surface area contributed by atoms with Gasteiger partial charge in [-0.15, -0.1) is 0 Å². The van der Waals surface area contributed by atoms with E-state index in [2.05, 4.69) is 5.10 Å². The van der Waals surface area contributed by atoms with Crippen LogP contribution in [0, 0.1) is 0 Å². The molecule has 1 amide bonds. The van der Waals surface area contributed by atoms with Crippen molar-refractivity contribution in [3.63, 3.8) is 0 Å². The topological polar surface area (TPSA) is 64.2 Å². The number of nitrogens with zero attached hydrogens (tertiary/aromatic N) is 3. The molecule has 1 aromatic rings. The first kappa shape index (κ1) is 12.7. The van der Waals surface area contributed by atoms with E-state index in [1.165, 1.54) is 0 Å². The van der Waals surface area contributed by atoms with E-state index in [0.717, 1.165) is 6.42 Å². The molecule has 0 atom stereocenters. The van der Waals surface area contributed by atoms with Crippen molar-refractivity contribution in [2.24, 2.45) is 12.8 Å². The molecule has 5 nitrogen and oxygen atoms in total. The van der Waals surface area contributed by atoms with E-state index in [1.807, 2.05) is 18.7 Å². The van der Waals surface area contributed by atoms with Crippen LogP contribution in [0.5, 0.6) is 0 Å². The Morgan fingerprint density at radius 3 is 2.75 bits per heavy atom. The Hall–Kier alpha value is -1.36. The van der Waals surface area contributed by atoms with Gasteiger partial charge < -0.3 is 10.6 Å². The van der Waals surface area contributed by atoms with Crippen LogP contribution in [0.4, 0.5) is 0 Å². The minimum absolute atomic E-state index is 0.0171. The molecule has 0 unspecified atom stereocenters. The molecular formula is C11H20N4O. The summed E-state index contributed by atoms with van der Waals surface area (Å²) in [5.74, 6) is 0.0171. The van der Waals surface area contributed by atoms with Gasteiger partial charge >= 0.3 is 0 Å². The maximum atomic E-state index is 12.2. The Labute approximate surface area is 96.2 Å². The van der Waals surface area contributed by atoms with Crippen LogP contribution < -0.4 is 5.73 Å². The van der Waals surface area contributed by atoms with Crippen molar-refractivity contribution in [3.05, 3.63) is 18.0 Å². The summed E-state index contributed by atoms with van der Waals surface area (Å²) in [6.45, 7) is 5.30. The molecular weight excluding hydrogens is 204 g/mol. The zero-order valence-electron chi connectivity index (χ0n) is 10.2. The fraction of sp³-hybridized carbons (Fsp3) is 0.636. The molecule has 2 N–H and O–H groups in total. The van der Waals surface area contributed by atoms with E-state index in [0.29, 0.717) is 18.8 Å². The summed E-state index contributed by atoms with van der Waals surface area (Å²) in [5, 5.41) is 4.00. The van der Waals surface area contributed by atoms with Gasteiger partial charge in [0.1, 0.15) is 5.69 Å². The summed E-state index contributed by atoms with van der Waals surface area (Å²) in [4.78, 5) is 14.0. The third-order valence-electron chi connectivity index (χ3n) is 2.53. The van der Waals surface area contributed by atoms with Gasteiger partial charge in [0.15, 0.2) is 0 Å². The Balaban J connectivity index is 2.79. The van der Waals surface area contributed by atoms with Crippen LogP contribution in [0.25, 0.3) is 0 Å². The van der Waals surface area contributed by atoms with Crippen molar-refractivity contribution in [2.75, 3.05) is 13.1 Å². The second-order valence-electron chi connectivity index (χ2n) is 4.07. The lowest BCUT2D eigenvalue weighted by Crippen LogP contribution is -2.39. The van der Waals surface area contributed by atoms with Crippen LogP contribution in [0.15, 0.2) is 12.3 Å². The molecule has 1 rings (SSSR count). The van der Waals surface area contributed by atoms with Gasteiger partial charge in [0.05, 0.1) is 0 Å². The summed E-state index contributed by atoms with van der Waals surface area (Å²) in [6.07, 6.45) is 2.45. The highest BCUT2D eigenvalue weighted by Crippen LogP contribution is 2.08. The number of hydrogen-bond donors (Lipinski definition) is 1. The third kappa shape index (κ3) is 2.82. The summed E-state index contributed by atoms with van der Waals surface area (Å²) in [6, 6.07) is 1.91. The molecule has 0 fully saturated rings. The molecule has 0 bridgehead atoms. The largest absolute Gasteiger partial charge is 0.335 e. The van der Waals surface area contributed by atoms with E-state index < -0.39 is 0 Å². The molecule has 1 aromatic heterocycles. The van der Waals surface area contributed by atoms with E-state index >= 15 is 0 Å². The van der Waals surface area contributed by atoms with Crippen molar-refractivity contribution in [2.45, 2.75) is 26.3 Å². The Morgan fingerprint density at radius 1 is 1.62 bits per heavy atom. The van der Waals surface area contributed by atoms with Gasteiger partial charge in [0.25, 0.3) is 5.91 Å². The van der Waals surface area contributed by atoms with Crippen LogP contribution in [0.2, 0.25) is 0 Å². The van der Waals surface area contributed by atoms with Crippen LogP contribution >= 0.6 is 0 Å². The highest BCUT2D eigenvalue weighted by molar-refractivity contribution is 5.92. The van der Waals surface area contributed by atoms with Gasteiger partial charge in [-0.2, -0.15) is 5.10 Å². The van der Waals surface area contributed by atoms with Gasteiger partial charge in [-0.25, -0.2) is 0 Å². The number of aryl methyl sites for hydroxylation is 1. The molecule has 0 aliphatic rings. The number of amides is 1. The quantitative estimate of drug-likeness (QED) is 0.797. The van der Waals surface area contributed by atoms with E-state index in [9.17, 15) is 4.79 Å². The second kappa shape index (κ2) is 5.65. The lowest BCUT2D eigenvalue weighted by molar-refractivity contribution is 0.0693. The molecule has 0 radical (unpaired) electrons. The van der Waals surface area contributed by atoms with Crippen LogP contribution in [0.1, 0.15) is 30.8 Å². The van der Waals surface area contributed by atoms with Gasteiger partial charge in [0.2, 0.25) is 0 Å². The normalized spacial score (nSPS) is 10.8. The summed E-state index contributed by atoms with van der Waals surface area (Å²) in [7, 11) is 1.77. The fourth-order valence-electron chi connectivity index (χ4n) is 1.59. The predicted octanol–water partition coefficient (Wildman–Crippen LogP) is 0.619. The fourth-order valence-corrected chi connectivity index (χ4v) is 1.59. The van der Waals surface area contributed by atoms with Crippen molar-refractivity contribution >= 4 is 5.91 Å². The number of carbonyl (C=O) groups excluding carboxylic acids is 1. The highest BCUT2D eigenvalue weighted by atomic mass is 16.2. The zero-order valence-corrected chi connectivity index (χ0v) is 10.2. The Bertz CT molecular complexity index is 346. The van der Waals surface area contributed by atoms with E-state index in [4.69, 9.17) is 5.73 Å². The maximum absolute atomic E-state index is 12.2. The monoisotopic (exact) mass is 224 g/mol. The van der Waals surface area contributed by atoms with Crippen molar-refractivity contribution in [3.8, 4) is 0 Å². The molecule has 5 heteroatoms. The first-order chi connectivity index (χ1) is 7.57. The molecule has 0 spiro atoms. The lowest BCUT2D eigenvalue weighted by Gasteiger charge is -2.26. The molecule has 0 saturated carbocycles. The van der Waals surface area contributed by atoms with E-state index in [-0.39, 0.29) is 11.9 Å². The predicted molar refractivity (Wildman–Crippen MR) is 63.1 cm³/mol. The minimum Gasteiger partial charge on any atom is -0.335 e. The third-order valence-corrected chi connectivity index (χ3v) is 2.53. The van der Waals surface area contributed by atoms with Gasteiger partial charge in [-0.05, 0) is 32.9 Å². The first-order valence-electron chi connectivity index (χ1n) is 5.57. The van der Waals surface area contributed by atoms with Gasteiger partial charge in [0, 0.05) is 25.8 Å². The molecule has 1 heterocycles. The van der Waals surface area contributed by atoms with Crippen LogP contribution in [-0.2, 0) is 7.05 Å². The SMILES string of the molecule is CC(C)N(CCCN)C(=O)c1ccnn1C. The number of hydrogen-bond acceptors (Lipinski definition) is 3. The minimum atomic E-state index is 0.0171. The summed E-state index contributed by atoms with van der Waals surface area (Å²) < 4.78 is 1.60. The van der Waals surface area contributed by atoms with Crippen molar-refractivity contribution in [1.29, 1.82) is 0 Å². The van der Waals surface area contributed by atoms with Crippen LogP contribution in [0.3, 0.4) is 0 Å². The molecule has 0 aliphatic carbocycles. The molecule has 0 aliphatic heterocycles. The number of rotatable bonds is 5. The number of carbonyl (C=O) groups is 1. The smallest absolute Gasteiger partial charge is 0.272 e. The van der Waals surface area contributed by atoms with Gasteiger partial charge in [-0.3, -0.25) is 9.48 Å². The summed E-state index contributed by atoms with van der Waals surface area (Å²) in [5.41, 5.74) is 6.09. The number of nitrogens with two attached hydrogens (primary N) is 1. The first-order valence-corrected chi connectivity index (χ1v) is 5.57. The standard InChI is InChI=1S/C11H20N4O/c1-9(2)15(8-4-6-12)11(16)10-5-7-13-14(10)3/h5,7,9H,4,6,8,12H2,1-3H3. The van der Waals surface area contributed by atoms with Crippen molar-refractivity contribution in [1.82, 2.24) is 14.7 Å². The number of aromatic nitrogens is 2.